The zero-order chi connectivity index (χ0) is 40.6. The van der Waals surface area contributed by atoms with Gasteiger partial charge in [0.05, 0.1) is 18.2 Å². The van der Waals surface area contributed by atoms with Gasteiger partial charge in [0, 0.05) is 43.6 Å². The number of amides is 1. The molecule has 0 saturated heterocycles. The number of aliphatic hydroxyl groups is 2. The molecular weight excluding hydrogens is 729 g/mol. The van der Waals surface area contributed by atoms with Crippen LogP contribution in [-0.4, -0.2) is 64.9 Å². The lowest BCUT2D eigenvalue weighted by molar-refractivity contribution is -0.257. The molecule has 9 heteroatoms. The summed E-state index contributed by atoms with van der Waals surface area (Å²) in [5, 5.41) is 24.8. The Hall–Kier alpha value is -4.44. The highest BCUT2D eigenvalue weighted by Gasteiger charge is 2.65. The summed E-state index contributed by atoms with van der Waals surface area (Å²) in [4.78, 5) is 22.7. The molecule has 58 heavy (non-hydrogen) atoms. The molecule has 9 nitrogen and oxygen atoms in total. The topological polar surface area (TPSA) is 110 Å². The van der Waals surface area contributed by atoms with Gasteiger partial charge in [-0.1, -0.05) is 73.5 Å². The van der Waals surface area contributed by atoms with Crippen molar-refractivity contribution in [2.24, 2.45) is 28.8 Å². The first-order valence-corrected chi connectivity index (χ1v) is 21.6. The van der Waals surface area contributed by atoms with Crippen molar-refractivity contribution in [3.63, 3.8) is 0 Å². The average Bonchev–Trinajstić information content (AvgIpc) is 4.09. The summed E-state index contributed by atoms with van der Waals surface area (Å²) in [6, 6.07) is 21.8. The van der Waals surface area contributed by atoms with Crippen LogP contribution in [0.15, 0.2) is 96.2 Å². The van der Waals surface area contributed by atoms with Crippen LogP contribution in [0.4, 0.5) is 0 Å². The summed E-state index contributed by atoms with van der Waals surface area (Å²) < 4.78 is 21.1. The van der Waals surface area contributed by atoms with Gasteiger partial charge < -0.3 is 34.2 Å². The maximum Gasteiger partial charge on any atom is 0.239 e. The predicted molar refractivity (Wildman–Crippen MR) is 227 cm³/mol. The second kappa shape index (κ2) is 19.1. The van der Waals surface area contributed by atoms with Gasteiger partial charge in [-0.05, 0) is 123 Å². The van der Waals surface area contributed by atoms with Crippen LogP contribution in [-0.2, 0) is 21.0 Å². The van der Waals surface area contributed by atoms with E-state index >= 15 is 0 Å². The number of unbranched alkanes of at least 4 members (excludes halogenated alkanes) is 2. The Morgan fingerprint density at radius 3 is 2.41 bits per heavy atom. The fourth-order valence-electron chi connectivity index (χ4n) is 9.61. The van der Waals surface area contributed by atoms with E-state index in [1.807, 2.05) is 53.4 Å². The summed E-state index contributed by atoms with van der Waals surface area (Å²) in [5.74, 6) is 0.912. The van der Waals surface area contributed by atoms with Crippen molar-refractivity contribution in [1.29, 1.82) is 0 Å². The van der Waals surface area contributed by atoms with Crippen molar-refractivity contribution in [2.45, 2.75) is 109 Å². The lowest BCUT2D eigenvalue weighted by Gasteiger charge is -2.60. The average molecular weight is 791 g/mol. The van der Waals surface area contributed by atoms with E-state index in [4.69, 9.17) is 24.2 Å². The highest BCUT2D eigenvalue weighted by atomic mass is 16.7. The van der Waals surface area contributed by atoms with Crippen LogP contribution >= 0.6 is 0 Å². The smallest absolute Gasteiger partial charge is 0.239 e. The van der Waals surface area contributed by atoms with Gasteiger partial charge in [0.15, 0.2) is 0 Å². The number of rotatable bonds is 20. The molecule has 0 bridgehead atoms. The monoisotopic (exact) mass is 790 g/mol. The number of carbonyl (C=O) groups is 1. The van der Waals surface area contributed by atoms with Crippen molar-refractivity contribution in [3.05, 3.63) is 113 Å². The number of oxime groups is 1. The molecular formula is C49H62N2O7. The highest BCUT2D eigenvalue weighted by molar-refractivity contribution is 6.03. The van der Waals surface area contributed by atoms with E-state index in [0.29, 0.717) is 26.0 Å². The SMILES string of the molecule is C=CCO[C@@]12Oc3ccc(Oc4ccc(C)c(C)c4)cc3[C@H]3[C@H](CCCCO)[C@@H](CCCCO)C=C(C(=NOCc4ccccc4)C[C@@H]1N(CCC)C(=O)C1CC1)[C@H]32. The summed E-state index contributed by atoms with van der Waals surface area (Å²) >= 11 is 0. The minimum absolute atomic E-state index is 0.0000505. The first kappa shape index (κ1) is 41.7. The van der Waals surface area contributed by atoms with Gasteiger partial charge in [0.25, 0.3) is 0 Å². The van der Waals surface area contributed by atoms with Crippen LogP contribution < -0.4 is 9.47 Å². The Labute approximate surface area is 344 Å². The molecule has 310 valence electrons. The first-order valence-electron chi connectivity index (χ1n) is 21.6. The molecule has 1 heterocycles. The molecule has 0 unspecified atom stereocenters. The van der Waals surface area contributed by atoms with Gasteiger partial charge in [-0.25, -0.2) is 0 Å². The van der Waals surface area contributed by atoms with E-state index < -0.39 is 11.8 Å². The lowest BCUT2D eigenvalue weighted by atomic mass is 9.55. The summed E-state index contributed by atoms with van der Waals surface area (Å²) in [5.41, 5.74) is 6.27. The second-order valence-electron chi connectivity index (χ2n) is 16.7. The van der Waals surface area contributed by atoms with Gasteiger partial charge in [0.2, 0.25) is 11.7 Å². The number of ether oxygens (including phenoxy) is 3. The van der Waals surface area contributed by atoms with Crippen LogP contribution in [0.2, 0.25) is 0 Å². The molecule has 1 amide bonds. The molecule has 3 aromatic carbocycles. The van der Waals surface area contributed by atoms with E-state index in [2.05, 4.69) is 51.6 Å². The fourth-order valence-corrected chi connectivity index (χ4v) is 9.61. The fraction of sp³-hybridized carbons (Fsp3) is 0.510. The molecule has 7 rings (SSSR count). The number of fused-ring (bicyclic) bond motifs is 2. The quantitative estimate of drug-likeness (QED) is 0.0667. The molecule has 2 saturated carbocycles. The third-order valence-electron chi connectivity index (χ3n) is 12.7. The van der Waals surface area contributed by atoms with Crippen LogP contribution in [0, 0.1) is 37.5 Å². The number of benzene rings is 3. The molecule has 0 spiro atoms. The third-order valence-corrected chi connectivity index (χ3v) is 12.7. The maximum absolute atomic E-state index is 14.4. The highest BCUT2D eigenvalue weighted by Crippen LogP contribution is 2.62. The minimum atomic E-state index is -1.25. The van der Waals surface area contributed by atoms with E-state index in [-0.39, 0.29) is 55.3 Å². The lowest BCUT2D eigenvalue weighted by Crippen LogP contribution is -2.70. The third kappa shape index (κ3) is 8.92. The molecule has 3 aliphatic carbocycles. The number of hydrogen-bond donors (Lipinski definition) is 2. The van der Waals surface area contributed by atoms with E-state index in [1.54, 1.807) is 6.08 Å². The molecule has 6 atom stereocenters. The van der Waals surface area contributed by atoms with E-state index in [0.717, 1.165) is 96.6 Å². The number of hydrogen-bond acceptors (Lipinski definition) is 8. The zero-order valence-corrected chi connectivity index (χ0v) is 34.6. The Morgan fingerprint density at radius 1 is 0.966 bits per heavy atom. The predicted octanol–water partition coefficient (Wildman–Crippen LogP) is 9.58. The second-order valence-corrected chi connectivity index (χ2v) is 16.7. The number of aryl methyl sites for hydroxylation is 2. The largest absolute Gasteiger partial charge is 0.459 e. The molecule has 4 aliphatic rings. The molecule has 2 N–H and O–H groups in total. The summed E-state index contributed by atoms with van der Waals surface area (Å²) in [6.45, 7) is 11.8. The normalized spacial score (nSPS) is 25.2. The van der Waals surface area contributed by atoms with Crippen LogP contribution in [0.1, 0.15) is 99.3 Å². The Morgan fingerprint density at radius 2 is 1.71 bits per heavy atom. The number of aliphatic hydroxyl groups excluding tert-OH is 2. The summed E-state index contributed by atoms with van der Waals surface area (Å²) in [7, 11) is 0. The number of allylic oxidation sites excluding steroid dienone is 1. The number of nitrogens with zero attached hydrogens (tertiary/aromatic N) is 2. The number of carbonyl (C=O) groups excluding carboxylic acids is 1. The Bertz CT molecular complexity index is 1940. The zero-order valence-electron chi connectivity index (χ0n) is 34.6. The standard InChI is InChI=1S/C49H62N2O7/c1-5-24-51(48(54)36-19-20-36)45-31-43(50-56-32-35-14-8-7-9-15-35)41-29-37(16-10-12-25-52)40(17-11-13-26-53)46-42-30-39(57-38-21-18-33(3)34(4)28-38)22-23-44(42)58-49(45,47(41)46)55-27-6-2/h6-9,14-15,18,21-23,28-30,36-37,40,45-47,52-53H,2,5,10-13,16-17,19-20,24-27,31-32H2,1,3-4H3/t37-,40+,45-,46+,47+,49+/m0/s1. The van der Waals surface area contributed by atoms with E-state index in [9.17, 15) is 15.0 Å². The summed E-state index contributed by atoms with van der Waals surface area (Å²) in [6.07, 6.45) is 12.0. The maximum atomic E-state index is 14.4. The van der Waals surface area contributed by atoms with Crippen molar-refractivity contribution in [3.8, 4) is 17.2 Å². The van der Waals surface area contributed by atoms with Crippen molar-refractivity contribution in [2.75, 3.05) is 26.4 Å². The first-order chi connectivity index (χ1) is 28.3. The van der Waals surface area contributed by atoms with Gasteiger partial charge in [-0.15, -0.1) is 6.58 Å². The van der Waals surface area contributed by atoms with E-state index in [1.165, 1.54) is 5.56 Å². The van der Waals surface area contributed by atoms with Crippen molar-refractivity contribution < 1.29 is 34.1 Å². The molecule has 0 radical (unpaired) electrons. The minimum Gasteiger partial charge on any atom is -0.459 e. The van der Waals surface area contributed by atoms with Crippen molar-refractivity contribution >= 4 is 11.6 Å². The van der Waals surface area contributed by atoms with Gasteiger partial charge in [-0.2, -0.15) is 0 Å². The Balaban J connectivity index is 1.42. The van der Waals surface area contributed by atoms with Gasteiger partial charge >= 0.3 is 0 Å². The van der Waals surface area contributed by atoms with Gasteiger partial charge in [0.1, 0.15) is 29.9 Å². The molecule has 3 aromatic rings. The molecule has 0 aromatic heterocycles. The Kier molecular flexibility index (Phi) is 13.7. The molecule has 1 aliphatic heterocycles. The van der Waals surface area contributed by atoms with Crippen LogP contribution in [0.5, 0.6) is 17.2 Å². The molecule has 2 fully saturated rings. The van der Waals surface area contributed by atoms with Crippen LogP contribution in [0.25, 0.3) is 0 Å². The van der Waals surface area contributed by atoms with Crippen LogP contribution in [0.3, 0.4) is 0 Å². The van der Waals surface area contributed by atoms with Crippen molar-refractivity contribution in [1.82, 2.24) is 4.90 Å². The van der Waals surface area contributed by atoms with Gasteiger partial charge in [-0.3, -0.25) is 4.79 Å².